The minimum Gasteiger partial charge on any atom is -0.461 e. The molecule has 3 rings (SSSR count). The Kier molecular flexibility index (Phi) is 6.39. The number of hydrogen-bond acceptors (Lipinski definition) is 7. The van der Waals surface area contributed by atoms with Gasteiger partial charge in [0.15, 0.2) is 10.9 Å². The number of aromatic amines is 1. The van der Waals surface area contributed by atoms with Crippen LogP contribution in [0, 0.1) is 13.8 Å². The lowest BCUT2D eigenvalue weighted by molar-refractivity contribution is 0.0519. The van der Waals surface area contributed by atoms with E-state index < -0.39 is 5.97 Å². The number of Topliss-reactive ketones (excluding diaryl/α,β-unsaturated/α-hetero) is 1. The van der Waals surface area contributed by atoms with Gasteiger partial charge in [0.1, 0.15) is 10.5 Å². The van der Waals surface area contributed by atoms with E-state index in [1.165, 1.54) is 27.7 Å². The standard InChI is InChI=1S/C20H21N3O4S2/c1-5-8-23-18(25)13-7-9-28-17(13)22-20(23)29-10-14(24)15-11(3)16(21-12(15)4)19(26)27-6-2/h5,7,9,21H,1,6,8,10H2,2-4H3. The molecular formula is C20H21N3O4S2. The molecule has 0 saturated carbocycles. The van der Waals surface area contributed by atoms with Crippen molar-refractivity contribution in [3.05, 3.63) is 57.0 Å². The minimum atomic E-state index is -0.482. The van der Waals surface area contributed by atoms with Gasteiger partial charge in [0, 0.05) is 17.8 Å². The van der Waals surface area contributed by atoms with Crippen LogP contribution in [-0.2, 0) is 11.3 Å². The number of aromatic nitrogens is 3. The van der Waals surface area contributed by atoms with Crippen LogP contribution in [0.1, 0.15) is 39.0 Å². The topological polar surface area (TPSA) is 94.1 Å². The number of esters is 1. The zero-order valence-electron chi connectivity index (χ0n) is 16.4. The highest BCUT2D eigenvalue weighted by atomic mass is 32.2. The number of carbonyl (C=O) groups is 2. The Hall–Kier alpha value is -2.65. The molecule has 7 nitrogen and oxygen atoms in total. The van der Waals surface area contributed by atoms with Crippen molar-refractivity contribution in [2.45, 2.75) is 32.5 Å². The van der Waals surface area contributed by atoms with Crippen molar-refractivity contribution in [1.82, 2.24) is 14.5 Å². The molecule has 9 heteroatoms. The van der Waals surface area contributed by atoms with Crippen LogP contribution in [0.3, 0.4) is 0 Å². The summed E-state index contributed by atoms with van der Waals surface area (Å²) in [6.07, 6.45) is 1.62. The second-order valence-corrected chi connectivity index (χ2v) is 8.13. The molecule has 0 aliphatic carbocycles. The highest BCUT2D eigenvalue weighted by Gasteiger charge is 2.23. The van der Waals surface area contributed by atoms with Crippen LogP contribution in [0.25, 0.3) is 10.2 Å². The van der Waals surface area contributed by atoms with E-state index in [1.807, 2.05) is 5.38 Å². The number of nitrogens with zero attached hydrogens (tertiary/aromatic N) is 2. The van der Waals surface area contributed by atoms with E-state index in [1.54, 1.807) is 32.9 Å². The van der Waals surface area contributed by atoms with Gasteiger partial charge in [0.05, 0.1) is 17.7 Å². The van der Waals surface area contributed by atoms with Crippen LogP contribution < -0.4 is 5.56 Å². The zero-order chi connectivity index (χ0) is 21.1. The predicted octanol–water partition coefficient (Wildman–Crippen LogP) is 3.74. The first kappa shape index (κ1) is 21.1. The fraction of sp³-hybridized carbons (Fsp3) is 0.300. The van der Waals surface area contributed by atoms with E-state index >= 15 is 0 Å². The Morgan fingerprint density at radius 3 is 2.86 bits per heavy atom. The number of allylic oxidation sites excluding steroid dienone is 1. The summed E-state index contributed by atoms with van der Waals surface area (Å²) < 4.78 is 6.55. The van der Waals surface area contributed by atoms with Gasteiger partial charge in [0.2, 0.25) is 0 Å². The second-order valence-electron chi connectivity index (χ2n) is 6.30. The number of ether oxygens (including phenoxy) is 1. The van der Waals surface area contributed by atoms with Crippen LogP contribution >= 0.6 is 23.1 Å². The number of fused-ring (bicyclic) bond motifs is 1. The van der Waals surface area contributed by atoms with Gasteiger partial charge in [-0.15, -0.1) is 17.9 Å². The molecule has 0 aliphatic heterocycles. The van der Waals surface area contributed by atoms with Crippen molar-refractivity contribution >= 4 is 45.1 Å². The molecule has 0 aromatic carbocycles. The number of thioether (sulfide) groups is 1. The van der Waals surface area contributed by atoms with E-state index in [0.29, 0.717) is 44.4 Å². The lowest BCUT2D eigenvalue weighted by atomic mass is 10.1. The first-order valence-corrected chi connectivity index (χ1v) is 10.9. The van der Waals surface area contributed by atoms with Gasteiger partial charge in [-0.1, -0.05) is 17.8 Å². The summed E-state index contributed by atoms with van der Waals surface area (Å²) in [6.45, 7) is 9.46. The summed E-state index contributed by atoms with van der Waals surface area (Å²) in [7, 11) is 0. The molecule has 3 aromatic heterocycles. The van der Waals surface area contributed by atoms with Crippen molar-refractivity contribution in [3.8, 4) is 0 Å². The molecule has 0 saturated heterocycles. The number of ketones is 1. The first-order chi connectivity index (χ1) is 13.9. The molecule has 152 valence electrons. The van der Waals surface area contributed by atoms with E-state index in [0.717, 1.165) is 0 Å². The van der Waals surface area contributed by atoms with E-state index in [4.69, 9.17) is 4.74 Å². The van der Waals surface area contributed by atoms with Crippen molar-refractivity contribution in [2.24, 2.45) is 0 Å². The van der Waals surface area contributed by atoms with Crippen molar-refractivity contribution in [1.29, 1.82) is 0 Å². The Morgan fingerprint density at radius 2 is 2.17 bits per heavy atom. The van der Waals surface area contributed by atoms with Gasteiger partial charge in [-0.2, -0.15) is 0 Å². The van der Waals surface area contributed by atoms with Gasteiger partial charge in [0.25, 0.3) is 5.56 Å². The van der Waals surface area contributed by atoms with Crippen molar-refractivity contribution in [2.75, 3.05) is 12.4 Å². The van der Waals surface area contributed by atoms with Gasteiger partial charge < -0.3 is 9.72 Å². The van der Waals surface area contributed by atoms with Gasteiger partial charge in [-0.25, -0.2) is 9.78 Å². The molecule has 1 N–H and O–H groups in total. The Bertz CT molecular complexity index is 1160. The fourth-order valence-corrected chi connectivity index (χ4v) is 4.79. The second kappa shape index (κ2) is 8.79. The van der Waals surface area contributed by atoms with Gasteiger partial charge in [-0.3, -0.25) is 14.2 Å². The average Bonchev–Trinajstić information content (AvgIpc) is 3.27. The molecule has 3 aromatic rings. The number of hydrogen-bond donors (Lipinski definition) is 1. The third kappa shape index (κ3) is 4.06. The molecular weight excluding hydrogens is 410 g/mol. The summed E-state index contributed by atoms with van der Waals surface area (Å²) in [6, 6.07) is 1.75. The summed E-state index contributed by atoms with van der Waals surface area (Å²) >= 11 is 2.58. The number of carbonyl (C=O) groups excluding carboxylic acids is 2. The smallest absolute Gasteiger partial charge is 0.355 e. The molecule has 0 atom stereocenters. The molecule has 0 radical (unpaired) electrons. The number of aryl methyl sites for hydroxylation is 1. The zero-order valence-corrected chi connectivity index (χ0v) is 18.0. The van der Waals surface area contributed by atoms with Crippen LogP contribution in [0.15, 0.2) is 34.1 Å². The van der Waals surface area contributed by atoms with Gasteiger partial charge in [-0.05, 0) is 37.8 Å². The summed E-state index contributed by atoms with van der Waals surface area (Å²) in [5.74, 6) is -0.547. The van der Waals surface area contributed by atoms with E-state index in [9.17, 15) is 14.4 Å². The SMILES string of the molecule is C=CCn1c(SCC(=O)c2c(C)[nH]c(C(=O)OCC)c2C)nc2sccc2c1=O. The third-order valence-corrected chi connectivity index (χ3v) is 6.17. The lowest BCUT2D eigenvalue weighted by Crippen LogP contribution is -2.22. The maximum Gasteiger partial charge on any atom is 0.355 e. The summed E-state index contributed by atoms with van der Waals surface area (Å²) in [5, 5.41) is 2.85. The molecule has 0 unspecified atom stereocenters. The van der Waals surface area contributed by atoms with Crippen LogP contribution in [0.4, 0.5) is 0 Å². The number of H-pyrrole nitrogens is 1. The summed E-state index contributed by atoms with van der Waals surface area (Å²) in [4.78, 5) is 45.8. The Morgan fingerprint density at radius 1 is 1.41 bits per heavy atom. The largest absolute Gasteiger partial charge is 0.461 e. The third-order valence-electron chi connectivity index (χ3n) is 4.39. The minimum absolute atomic E-state index is 0.0856. The Balaban J connectivity index is 1.88. The van der Waals surface area contributed by atoms with Crippen molar-refractivity contribution < 1.29 is 14.3 Å². The molecule has 0 spiro atoms. The summed E-state index contributed by atoms with van der Waals surface area (Å²) in [5.41, 5.74) is 1.79. The molecule has 29 heavy (non-hydrogen) atoms. The van der Waals surface area contributed by atoms with Crippen LogP contribution in [0.2, 0.25) is 0 Å². The van der Waals surface area contributed by atoms with Gasteiger partial charge >= 0.3 is 5.97 Å². The van der Waals surface area contributed by atoms with E-state index in [-0.39, 0.29) is 23.7 Å². The maximum atomic E-state index is 12.9. The first-order valence-electron chi connectivity index (χ1n) is 9.00. The van der Waals surface area contributed by atoms with Crippen LogP contribution in [-0.4, -0.2) is 38.6 Å². The molecule has 0 bridgehead atoms. The Labute approximate surface area is 175 Å². The average molecular weight is 432 g/mol. The number of thiophene rings is 1. The molecule has 0 aliphatic rings. The molecule has 3 heterocycles. The number of rotatable bonds is 8. The normalized spacial score (nSPS) is 11.0. The fourth-order valence-electron chi connectivity index (χ4n) is 3.11. The predicted molar refractivity (Wildman–Crippen MR) is 115 cm³/mol. The van der Waals surface area contributed by atoms with E-state index in [2.05, 4.69) is 16.5 Å². The maximum absolute atomic E-state index is 12.9. The quantitative estimate of drug-likeness (QED) is 0.192. The highest BCUT2D eigenvalue weighted by Crippen LogP contribution is 2.25. The monoisotopic (exact) mass is 431 g/mol. The number of nitrogens with one attached hydrogen (secondary N) is 1. The highest BCUT2D eigenvalue weighted by molar-refractivity contribution is 7.99. The van der Waals surface area contributed by atoms with Crippen LogP contribution in [0.5, 0.6) is 0 Å². The molecule has 0 amide bonds. The molecule has 0 fully saturated rings. The van der Waals surface area contributed by atoms with Crippen molar-refractivity contribution in [3.63, 3.8) is 0 Å². The lowest BCUT2D eigenvalue weighted by Gasteiger charge is -2.10.